The largest absolute Gasteiger partial charge is 0.496 e. The van der Waals surface area contributed by atoms with Crippen LogP contribution in [0.5, 0.6) is 5.75 Å². The number of amides is 4. The van der Waals surface area contributed by atoms with Gasteiger partial charge in [0.15, 0.2) is 0 Å². The van der Waals surface area contributed by atoms with Gasteiger partial charge in [0, 0.05) is 60.5 Å². The molecule has 2 saturated carbocycles. The number of fused-ring (bicyclic) bond motifs is 4. The Bertz CT molecular complexity index is 2420. The Labute approximate surface area is 372 Å². The first kappa shape index (κ1) is 43.9. The standard InChI is InChI=1S/C30H34N2O3.C24H30N2O2/c1-35-28-15-7-3-10-22(28)18-19-31-29(33)25-16-17-26(24-13-5-4-12-23(24)25)30(34)32-20-8-11-21-9-2-6-14-27(21)32;1-2-15-25-23(27)20-13-14-21(19-11-5-4-10-18(19)20)24(28)26-16-7-9-17-8-3-6-12-22(17)26/h3-5,7,10,12-13,15-17,21,27H,2,6,8-9,11,14,18-20H2,1H3,(H,31,33);4-5,10-11,13-14,17,22H,2-3,6-9,12,15-16H2,1H3,(H,25,27)/t21-,27-;17-,22-/m00/s1. The second-order valence-electron chi connectivity index (χ2n) is 18.0. The fourth-order valence-corrected chi connectivity index (χ4v) is 11.1. The van der Waals surface area contributed by atoms with Gasteiger partial charge in [-0.15, -0.1) is 0 Å². The van der Waals surface area contributed by atoms with Crippen LogP contribution in [0.25, 0.3) is 21.5 Å². The highest BCUT2D eigenvalue weighted by atomic mass is 16.5. The number of ether oxygens (including phenoxy) is 1. The molecule has 0 spiro atoms. The Hall–Kier alpha value is -5.70. The zero-order valence-electron chi connectivity index (χ0n) is 37.2. The van der Waals surface area contributed by atoms with E-state index in [9.17, 15) is 19.2 Å². The topological polar surface area (TPSA) is 108 Å². The molecule has 4 aliphatic rings. The predicted molar refractivity (Wildman–Crippen MR) is 252 cm³/mol. The van der Waals surface area contributed by atoms with Gasteiger partial charge >= 0.3 is 0 Å². The van der Waals surface area contributed by atoms with E-state index < -0.39 is 0 Å². The first-order chi connectivity index (χ1) is 30.9. The third-order valence-electron chi connectivity index (χ3n) is 14.2. The molecule has 4 fully saturated rings. The number of carbonyl (C=O) groups is 4. The van der Waals surface area contributed by atoms with Crippen molar-refractivity contribution in [2.75, 3.05) is 33.3 Å². The number of benzene rings is 5. The molecular formula is C54H64N4O5. The van der Waals surface area contributed by atoms with E-state index in [1.54, 1.807) is 7.11 Å². The van der Waals surface area contributed by atoms with Gasteiger partial charge < -0.3 is 25.2 Å². The molecule has 330 valence electrons. The first-order valence-corrected chi connectivity index (χ1v) is 23.7. The average molecular weight is 849 g/mol. The van der Waals surface area contributed by atoms with Crippen LogP contribution < -0.4 is 15.4 Å². The summed E-state index contributed by atoms with van der Waals surface area (Å²) in [6.45, 7) is 4.89. The Morgan fingerprint density at radius 3 is 1.43 bits per heavy atom. The molecule has 2 aliphatic carbocycles. The van der Waals surface area contributed by atoms with Crippen molar-refractivity contribution in [1.82, 2.24) is 20.4 Å². The van der Waals surface area contributed by atoms with E-state index in [0.29, 0.717) is 60.1 Å². The number of hydrogen-bond donors (Lipinski definition) is 2. The summed E-state index contributed by atoms with van der Waals surface area (Å²) in [4.78, 5) is 57.3. The Kier molecular flexibility index (Phi) is 14.4. The number of carbonyl (C=O) groups excluding carboxylic acids is 4. The van der Waals surface area contributed by atoms with E-state index in [4.69, 9.17) is 4.74 Å². The smallest absolute Gasteiger partial charge is 0.254 e. The zero-order chi connectivity index (χ0) is 43.7. The summed E-state index contributed by atoms with van der Waals surface area (Å²) in [6, 6.07) is 31.6. The minimum Gasteiger partial charge on any atom is -0.496 e. The van der Waals surface area contributed by atoms with Crippen LogP contribution in [0.1, 0.15) is 137 Å². The van der Waals surface area contributed by atoms with Crippen molar-refractivity contribution in [2.45, 2.75) is 109 Å². The number of methoxy groups -OCH3 is 1. The van der Waals surface area contributed by atoms with Gasteiger partial charge in [0.05, 0.1) is 7.11 Å². The van der Waals surface area contributed by atoms with Crippen LogP contribution in [-0.2, 0) is 6.42 Å². The molecule has 2 N–H and O–H groups in total. The molecule has 4 amide bonds. The summed E-state index contributed by atoms with van der Waals surface area (Å²) >= 11 is 0. The highest BCUT2D eigenvalue weighted by Crippen LogP contribution is 2.38. The molecule has 2 aliphatic heterocycles. The SMILES string of the molecule is CCCNC(=O)c1ccc(C(=O)N2CCC[C@@H]3CCCC[C@@H]32)c2ccccc12.COc1ccccc1CCNC(=O)c1ccc(C(=O)N2CCC[C@@H]3CCCC[C@@H]32)c2ccccc12. The fraction of sp³-hybridized carbons (Fsp3) is 0.444. The Morgan fingerprint density at radius 1 is 0.524 bits per heavy atom. The molecule has 0 unspecified atom stereocenters. The van der Waals surface area contributed by atoms with Gasteiger partial charge in [-0.2, -0.15) is 0 Å². The molecule has 5 aromatic rings. The maximum absolute atomic E-state index is 13.8. The molecule has 0 bridgehead atoms. The molecular weight excluding hydrogens is 785 g/mol. The van der Waals surface area contributed by atoms with Crippen LogP contribution in [0.2, 0.25) is 0 Å². The van der Waals surface area contributed by atoms with E-state index in [0.717, 1.165) is 83.6 Å². The highest BCUT2D eigenvalue weighted by Gasteiger charge is 2.38. The van der Waals surface area contributed by atoms with Crippen molar-refractivity contribution in [2.24, 2.45) is 11.8 Å². The Balaban J connectivity index is 0.000000177. The molecule has 9 rings (SSSR count). The fourth-order valence-electron chi connectivity index (χ4n) is 11.1. The molecule has 63 heavy (non-hydrogen) atoms. The van der Waals surface area contributed by atoms with Crippen molar-refractivity contribution in [3.63, 3.8) is 0 Å². The molecule has 0 radical (unpaired) electrons. The molecule has 5 aromatic carbocycles. The van der Waals surface area contributed by atoms with Crippen molar-refractivity contribution in [3.05, 3.63) is 125 Å². The van der Waals surface area contributed by atoms with Crippen LogP contribution in [0.4, 0.5) is 0 Å². The lowest BCUT2D eigenvalue weighted by atomic mass is 9.78. The number of hydrogen-bond acceptors (Lipinski definition) is 5. The van der Waals surface area contributed by atoms with Crippen LogP contribution in [0, 0.1) is 11.8 Å². The lowest BCUT2D eigenvalue weighted by Crippen LogP contribution is -2.49. The van der Waals surface area contributed by atoms with Crippen LogP contribution in [-0.4, -0.2) is 78.8 Å². The van der Waals surface area contributed by atoms with Gasteiger partial charge in [-0.1, -0.05) is 99.3 Å². The lowest BCUT2D eigenvalue weighted by molar-refractivity contribution is 0.0387. The van der Waals surface area contributed by atoms with Crippen LogP contribution in [0.15, 0.2) is 97.1 Å². The van der Waals surface area contributed by atoms with Gasteiger partial charge in [-0.3, -0.25) is 19.2 Å². The van der Waals surface area contributed by atoms with Crippen molar-refractivity contribution >= 4 is 45.2 Å². The third kappa shape index (κ3) is 9.63. The van der Waals surface area contributed by atoms with Gasteiger partial charge in [0.2, 0.25) is 0 Å². The number of likely N-dealkylation sites (tertiary alicyclic amines) is 2. The summed E-state index contributed by atoms with van der Waals surface area (Å²) in [5.74, 6) is 2.18. The summed E-state index contributed by atoms with van der Waals surface area (Å²) in [6.07, 6.45) is 16.0. The van der Waals surface area contributed by atoms with Gasteiger partial charge in [0.25, 0.3) is 23.6 Å². The number of rotatable bonds is 10. The summed E-state index contributed by atoms with van der Waals surface area (Å²) in [7, 11) is 1.66. The second-order valence-corrected chi connectivity index (χ2v) is 18.0. The van der Waals surface area contributed by atoms with Gasteiger partial charge in [-0.25, -0.2) is 0 Å². The predicted octanol–water partition coefficient (Wildman–Crippen LogP) is 10.4. The van der Waals surface area contributed by atoms with E-state index >= 15 is 0 Å². The van der Waals surface area contributed by atoms with Gasteiger partial charge in [-0.05, 0) is 133 Å². The number of nitrogens with zero attached hydrogens (tertiary/aromatic N) is 2. The first-order valence-electron chi connectivity index (χ1n) is 23.7. The molecule has 4 atom stereocenters. The minimum atomic E-state index is -0.125. The maximum atomic E-state index is 13.8. The Morgan fingerprint density at radius 2 is 0.937 bits per heavy atom. The van der Waals surface area contributed by atoms with E-state index in [1.807, 2.05) is 104 Å². The number of para-hydroxylation sites is 1. The van der Waals surface area contributed by atoms with E-state index in [2.05, 4.69) is 20.4 Å². The minimum absolute atomic E-state index is 0.0673. The molecule has 9 nitrogen and oxygen atoms in total. The van der Waals surface area contributed by atoms with E-state index in [1.165, 1.54) is 51.4 Å². The highest BCUT2D eigenvalue weighted by molar-refractivity contribution is 6.15. The number of piperidine rings is 2. The van der Waals surface area contributed by atoms with Crippen molar-refractivity contribution in [3.8, 4) is 5.75 Å². The van der Waals surface area contributed by atoms with Crippen LogP contribution >= 0.6 is 0 Å². The van der Waals surface area contributed by atoms with Crippen molar-refractivity contribution < 1.29 is 23.9 Å². The van der Waals surface area contributed by atoms with E-state index in [-0.39, 0.29) is 23.6 Å². The molecule has 9 heteroatoms. The molecule has 2 saturated heterocycles. The third-order valence-corrected chi connectivity index (χ3v) is 14.2. The normalized spacial score (nSPS) is 20.7. The maximum Gasteiger partial charge on any atom is 0.254 e. The molecule has 2 heterocycles. The van der Waals surface area contributed by atoms with Crippen LogP contribution in [0.3, 0.4) is 0 Å². The summed E-state index contributed by atoms with van der Waals surface area (Å²) in [5, 5.41) is 9.43. The second kappa shape index (κ2) is 20.7. The molecule has 0 aromatic heterocycles. The summed E-state index contributed by atoms with van der Waals surface area (Å²) in [5.41, 5.74) is 3.75. The monoisotopic (exact) mass is 848 g/mol. The summed E-state index contributed by atoms with van der Waals surface area (Å²) < 4.78 is 5.42. The van der Waals surface area contributed by atoms with Gasteiger partial charge in [0.1, 0.15) is 5.75 Å². The number of nitrogens with one attached hydrogen (secondary N) is 2. The van der Waals surface area contributed by atoms with Crippen molar-refractivity contribution in [1.29, 1.82) is 0 Å². The lowest BCUT2D eigenvalue weighted by Gasteiger charge is -2.44. The quantitative estimate of drug-likeness (QED) is 0.146. The average Bonchev–Trinajstić information content (AvgIpc) is 3.34. The zero-order valence-corrected chi connectivity index (χ0v) is 37.2.